The summed E-state index contributed by atoms with van der Waals surface area (Å²) in [6.45, 7) is 2.94. The first-order valence-electron chi connectivity index (χ1n) is 9.30. The van der Waals surface area contributed by atoms with Crippen LogP contribution in [0, 0.1) is 0 Å². The Balaban J connectivity index is 1.49. The van der Waals surface area contributed by atoms with Crippen LogP contribution in [0.1, 0.15) is 10.4 Å². The predicted octanol–water partition coefficient (Wildman–Crippen LogP) is 3.17. The van der Waals surface area contributed by atoms with Gasteiger partial charge in [0.05, 0.1) is 22.7 Å². The number of piperazine rings is 1. The molecular weight excluding hydrogens is 451 g/mol. The molecule has 162 valence electrons. The normalized spacial score (nSPS) is 15.7. The van der Waals surface area contributed by atoms with Crippen molar-refractivity contribution in [3.05, 3.63) is 58.1 Å². The zero-order valence-corrected chi connectivity index (χ0v) is 18.7. The van der Waals surface area contributed by atoms with Gasteiger partial charge in [0, 0.05) is 32.7 Å². The molecule has 0 atom stereocenters. The molecule has 1 heterocycles. The Kier molecular flexibility index (Phi) is 7.60. The summed E-state index contributed by atoms with van der Waals surface area (Å²) in [5.74, 6) is 0.254. The number of halogens is 2. The monoisotopic (exact) mass is 472 g/mol. The number of hydrogen-bond acceptors (Lipinski definition) is 6. The molecule has 2 aromatic carbocycles. The summed E-state index contributed by atoms with van der Waals surface area (Å²) in [5, 5.41) is 0.244. The molecule has 1 saturated heterocycles. The third-order valence-corrected chi connectivity index (χ3v) is 7.65. The number of carbonyl (C=O) groups excluding carboxylic acids is 1. The second-order valence-corrected chi connectivity index (χ2v) is 9.35. The van der Waals surface area contributed by atoms with E-state index in [2.05, 4.69) is 9.64 Å². The van der Waals surface area contributed by atoms with E-state index in [-0.39, 0.29) is 14.9 Å². The number of carbonyl (C=O) groups is 1. The van der Waals surface area contributed by atoms with Crippen molar-refractivity contribution in [2.45, 2.75) is 4.90 Å². The fourth-order valence-corrected chi connectivity index (χ4v) is 5.66. The minimum atomic E-state index is -3.75. The van der Waals surface area contributed by atoms with Crippen molar-refractivity contribution < 1.29 is 22.7 Å². The van der Waals surface area contributed by atoms with Crippen LogP contribution >= 0.6 is 23.2 Å². The summed E-state index contributed by atoms with van der Waals surface area (Å²) >= 11 is 12.2. The molecule has 0 bridgehead atoms. The molecule has 30 heavy (non-hydrogen) atoms. The van der Waals surface area contributed by atoms with E-state index < -0.39 is 16.0 Å². The SMILES string of the molecule is COC(=O)c1ccc(OCCN2CCN(S(=O)(=O)c3c(Cl)cccc3Cl)CC2)cc1. The molecule has 0 N–H and O–H groups in total. The third kappa shape index (κ3) is 5.25. The molecule has 0 saturated carbocycles. The van der Waals surface area contributed by atoms with Gasteiger partial charge in [-0.05, 0) is 36.4 Å². The van der Waals surface area contributed by atoms with Gasteiger partial charge in [-0.3, -0.25) is 4.90 Å². The minimum Gasteiger partial charge on any atom is -0.492 e. The standard InChI is InChI=1S/C20H22Cl2N2O5S/c1-28-20(25)15-5-7-16(8-6-15)29-14-13-23-9-11-24(12-10-23)30(26,27)19-17(21)3-2-4-18(19)22/h2-8H,9-14H2,1H3. The number of nitrogens with zero attached hydrogens (tertiary/aromatic N) is 2. The predicted molar refractivity (Wildman–Crippen MR) is 115 cm³/mol. The van der Waals surface area contributed by atoms with Crippen molar-refractivity contribution in [3.63, 3.8) is 0 Å². The number of sulfonamides is 1. The van der Waals surface area contributed by atoms with Gasteiger partial charge in [-0.2, -0.15) is 4.31 Å². The lowest BCUT2D eigenvalue weighted by atomic mass is 10.2. The van der Waals surface area contributed by atoms with Crippen molar-refractivity contribution in [1.29, 1.82) is 0 Å². The number of methoxy groups -OCH3 is 1. The van der Waals surface area contributed by atoms with Crippen molar-refractivity contribution in [2.24, 2.45) is 0 Å². The first-order valence-corrected chi connectivity index (χ1v) is 11.5. The minimum absolute atomic E-state index is 0.0412. The van der Waals surface area contributed by atoms with E-state index in [1.54, 1.807) is 30.3 Å². The van der Waals surface area contributed by atoms with Crippen LogP contribution in [0.25, 0.3) is 0 Å². The van der Waals surface area contributed by atoms with Gasteiger partial charge in [0.1, 0.15) is 17.3 Å². The highest BCUT2D eigenvalue weighted by atomic mass is 35.5. The lowest BCUT2D eigenvalue weighted by molar-refractivity contribution is 0.0600. The van der Waals surface area contributed by atoms with Crippen molar-refractivity contribution in [2.75, 3.05) is 46.4 Å². The van der Waals surface area contributed by atoms with Gasteiger partial charge in [-0.15, -0.1) is 0 Å². The molecule has 0 unspecified atom stereocenters. The van der Waals surface area contributed by atoms with Crippen LogP contribution in [-0.4, -0.2) is 70.0 Å². The maximum absolute atomic E-state index is 12.9. The average Bonchev–Trinajstić information content (AvgIpc) is 2.74. The summed E-state index contributed by atoms with van der Waals surface area (Å²) in [6.07, 6.45) is 0. The van der Waals surface area contributed by atoms with Crippen LogP contribution in [0.3, 0.4) is 0 Å². The molecule has 0 radical (unpaired) electrons. The Labute approximate surface area is 186 Å². The molecule has 0 amide bonds. The van der Waals surface area contributed by atoms with E-state index in [1.807, 2.05) is 0 Å². The molecule has 3 rings (SSSR count). The number of esters is 1. The second kappa shape index (κ2) is 9.98. The van der Waals surface area contributed by atoms with Crippen molar-refractivity contribution in [1.82, 2.24) is 9.21 Å². The van der Waals surface area contributed by atoms with Gasteiger partial charge < -0.3 is 9.47 Å². The molecule has 0 spiro atoms. The Hall–Kier alpha value is -1.84. The van der Waals surface area contributed by atoms with Gasteiger partial charge in [-0.25, -0.2) is 13.2 Å². The van der Waals surface area contributed by atoms with Crippen LogP contribution < -0.4 is 4.74 Å². The number of ether oxygens (including phenoxy) is 2. The maximum atomic E-state index is 12.9. The number of rotatable bonds is 7. The zero-order valence-electron chi connectivity index (χ0n) is 16.4. The molecule has 10 heteroatoms. The molecule has 0 aromatic heterocycles. The highest BCUT2D eigenvalue weighted by Crippen LogP contribution is 2.31. The Morgan fingerprint density at radius 3 is 2.17 bits per heavy atom. The van der Waals surface area contributed by atoms with Gasteiger partial charge in [0.15, 0.2) is 0 Å². The lowest BCUT2D eigenvalue weighted by Crippen LogP contribution is -2.49. The van der Waals surface area contributed by atoms with Crippen LogP contribution in [0.2, 0.25) is 10.0 Å². The Morgan fingerprint density at radius 2 is 1.60 bits per heavy atom. The van der Waals surface area contributed by atoms with Gasteiger partial charge in [0.2, 0.25) is 10.0 Å². The molecule has 2 aromatic rings. The maximum Gasteiger partial charge on any atom is 0.337 e. The summed E-state index contributed by atoms with van der Waals surface area (Å²) in [5.41, 5.74) is 0.459. The molecule has 7 nitrogen and oxygen atoms in total. The first kappa shape index (κ1) is 22.8. The molecule has 1 aliphatic rings. The van der Waals surface area contributed by atoms with Gasteiger partial charge in [-0.1, -0.05) is 29.3 Å². The van der Waals surface area contributed by atoms with E-state index in [0.717, 1.165) is 0 Å². The van der Waals surface area contributed by atoms with Crippen LogP contribution in [-0.2, 0) is 14.8 Å². The largest absolute Gasteiger partial charge is 0.492 e. The fraction of sp³-hybridized carbons (Fsp3) is 0.350. The smallest absolute Gasteiger partial charge is 0.337 e. The van der Waals surface area contributed by atoms with Gasteiger partial charge in [0.25, 0.3) is 0 Å². The van der Waals surface area contributed by atoms with Crippen LogP contribution in [0.5, 0.6) is 5.75 Å². The van der Waals surface area contributed by atoms with Gasteiger partial charge >= 0.3 is 5.97 Å². The number of benzene rings is 2. The van der Waals surface area contributed by atoms with E-state index in [9.17, 15) is 13.2 Å². The average molecular weight is 473 g/mol. The van der Waals surface area contributed by atoms with E-state index in [4.69, 9.17) is 27.9 Å². The topological polar surface area (TPSA) is 76.2 Å². The summed E-state index contributed by atoms with van der Waals surface area (Å²) in [7, 11) is -2.42. The molecule has 0 aliphatic carbocycles. The Morgan fingerprint density at radius 1 is 1.00 bits per heavy atom. The molecule has 1 fully saturated rings. The van der Waals surface area contributed by atoms with E-state index in [1.165, 1.54) is 23.5 Å². The highest BCUT2D eigenvalue weighted by Gasteiger charge is 2.31. The number of hydrogen-bond donors (Lipinski definition) is 0. The zero-order chi connectivity index (χ0) is 21.7. The Bertz CT molecular complexity index is 971. The fourth-order valence-electron chi connectivity index (χ4n) is 3.15. The summed E-state index contributed by atoms with van der Waals surface area (Å²) in [6, 6.07) is 11.4. The summed E-state index contributed by atoms with van der Waals surface area (Å²) < 4.78 is 37.6. The van der Waals surface area contributed by atoms with Crippen LogP contribution in [0.15, 0.2) is 47.4 Å². The van der Waals surface area contributed by atoms with Crippen molar-refractivity contribution in [3.8, 4) is 5.75 Å². The van der Waals surface area contributed by atoms with E-state index >= 15 is 0 Å². The third-order valence-electron chi connectivity index (χ3n) is 4.80. The first-order chi connectivity index (χ1) is 14.3. The van der Waals surface area contributed by atoms with Crippen molar-refractivity contribution >= 4 is 39.2 Å². The van der Waals surface area contributed by atoms with E-state index in [0.29, 0.717) is 50.6 Å². The second-order valence-electron chi connectivity index (χ2n) is 6.66. The summed E-state index contributed by atoms with van der Waals surface area (Å²) in [4.78, 5) is 13.5. The lowest BCUT2D eigenvalue weighted by Gasteiger charge is -2.34. The van der Waals surface area contributed by atoms with Crippen LogP contribution in [0.4, 0.5) is 0 Å². The molecular formula is C20H22Cl2N2O5S. The molecule has 1 aliphatic heterocycles. The quantitative estimate of drug-likeness (QED) is 0.576. The highest BCUT2D eigenvalue weighted by molar-refractivity contribution is 7.89.